The van der Waals surface area contributed by atoms with Gasteiger partial charge in [0.05, 0.1) is 12.3 Å². The second-order valence-corrected chi connectivity index (χ2v) is 7.20. The van der Waals surface area contributed by atoms with Crippen LogP contribution < -0.4 is 10.5 Å². The molecule has 0 amide bonds. The van der Waals surface area contributed by atoms with Crippen molar-refractivity contribution >= 4 is 5.82 Å². The van der Waals surface area contributed by atoms with E-state index < -0.39 is 17.2 Å². The topological polar surface area (TPSA) is 47.4 Å². The molecule has 2 aliphatic heterocycles. The van der Waals surface area contributed by atoms with Gasteiger partial charge in [0.15, 0.2) is 11.6 Å². The summed E-state index contributed by atoms with van der Waals surface area (Å²) >= 11 is 0. The van der Waals surface area contributed by atoms with Gasteiger partial charge in [-0.15, -0.1) is 0 Å². The second kappa shape index (κ2) is 6.46. The summed E-state index contributed by atoms with van der Waals surface area (Å²) in [6.07, 6.45) is 3.11. The molecule has 2 saturated heterocycles. The summed E-state index contributed by atoms with van der Waals surface area (Å²) in [7, 11) is 0. The molecule has 0 N–H and O–H groups in total. The molecule has 0 bridgehead atoms. The van der Waals surface area contributed by atoms with Crippen LogP contribution in [-0.2, 0) is 4.74 Å². The number of piperidine rings is 1. The van der Waals surface area contributed by atoms with Crippen LogP contribution in [0.1, 0.15) is 25.1 Å². The van der Waals surface area contributed by atoms with Crippen LogP contribution >= 0.6 is 0 Å². The molecule has 1 spiro atoms. The molecule has 0 saturated carbocycles. The highest BCUT2D eigenvalue weighted by molar-refractivity contribution is 5.42. The average Bonchev–Trinajstić information content (AvgIpc) is 3.06. The van der Waals surface area contributed by atoms with Gasteiger partial charge < -0.3 is 9.64 Å². The Hall–Kier alpha value is -2.28. The van der Waals surface area contributed by atoms with E-state index in [0.717, 1.165) is 56.2 Å². The van der Waals surface area contributed by atoms with Gasteiger partial charge in [0.2, 0.25) is 0 Å². The molecule has 0 atom stereocenters. The molecule has 4 rings (SSSR count). The number of anilines is 1. The largest absolute Gasteiger partial charge is 0.381 e. The Labute approximate surface area is 150 Å². The highest BCUT2D eigenvalue weighted by Gasteiger charge is 2.38. The van der Waals surface area contributed by atoms with Gasteiger partial charge in [0.1, 0.15) is 11.6 Å². The molecule has 2 aromatic rings. The molecular formula is C19H21F2N3O2. The lowest BCUT2D eigenvalue weighted by Gasteiger charge is -2.38. The lowest BCUT2D eigenvalue weighted by Crippen LogP contribution is -2.41. The third kappa shape index (κ3) is 2.90. The summed E-state index contributed by atoms with van der Waals surface area (Å²) in [4.78, 5) is 19.2. The molecule has 1 aromatic heterocycles. The van der Waals surface area contributed by atoms with E-state index >= 15 is 0 Å². The van der Waals surface area contributed by atoms with Crippen molar-refractivity contribution in [2.75, 3.05) is 31.2 Å². The minimum atomic E-state index is -1.05. The monoisotopic (exact) mass is 361 g/mol. The van der Waals surface area contributed by atoms with Crippen molar-refractivity contribution in [1.82, 2.24) is 9.55 Å². The third-order valence-electron chi connectivity index (χ3n) is 5.58. The molecule has 2 fully saturated rings. The van der Waals surface area contributed by atoms with E-state index in [2.05, 4.69) is 9.88 Å². The number of halogens is 2. The highest BCUT2D eigenvalue weighted by Crippen LogP contribution is 2.39. The molecule has 0 unspecified atom stereocenters. The van der Waals surface area contributed by atoms with Crippen LogP contribution in [-0.4, -0.2) is 35.9 Å². The molecule has 5 nitrogen and oxygen atoms in total. The van der Waals surface area contributed by atoms with Gasteiger partial charge >= 0.3 is 0 Å². The Morgan fingerprint density at radius 1 is 1.19 bits per heavy atom. The normalized spacial score (nSPS) is 19.3. The van der Waals surface area contributed by atoms with Crippen molar-refractivity contribution in [2.45, 2.75) is 26.2 Å². The standard InChI is InChI=1S/C19H21F2N3O2/c1-13-22-16(23-8-5-19(6-9-23)7-10-26-12-19)11-17(25)24(13)15-4-2-3-14(20)18(15)21/h2-4,11H,5-10,12H2,1H3. The maximum absolute atomic E-state index is 14.1. The summed E-state index contributed by atoms with van der Waals surface area (Å²) in [6.45, 7) is 4.90. The van der Waals surface area contributed by atoms with E-state index in [1.165, 1.54) is 18.2 Å². The maximum atomic E-state index is 14.1. The van der Waals surface area contributed by atoms with Crippen LogP contribution in [0.15, 0.2) is 29.1 Å². The predicted molar refractivity (Wildman–Crippen MR) is 93.8 cm³/mol. The van der Waals surface area contributed by atoms with Crippen LogP contribution in [0.5, 0.6) is 0 Å². The van der Waals surface area contributed by atoms with Crippen LogP contribution in [0, 0.1) is 24.0 Å². The summed E-state index contributed by atoms with van der Waals surface area (Å²) in [5, 5.41) is 0. The van der Waals surface area contributed by atoms with E-state index in [-0.39, 0.29) is 11.1 Å². The van der Waals surface area contributed by atoms with E-state index in [4.69, 9.17) is 4.74 Å². The van der Waals surface area contributed by atoms with Gasteiger partial charge in [0.25, 0.3) is 5.56 Å². The molecule has 3 heterocycles. The Kier molecular flexibility index (Phi) is 4.26. The Bertz CT molecular complexity index is 881. The van der Waals surface area contributed by atoms with Gasteiger partial charge in [-0.25, -0.2) is 13.8 Å². The quantitative estimate of drug-likeness (QED) is 0.825. The summed E-state index contributed by atoms with van der Waals surface area (Å²) < 4.78 is 34.3. The lowest BCUT2D eigenvalue weighted by atomic mass is 9.78. The van der Waals surface area contributed by atoms with Crippen LogP contribution in [0.25, 0.3) is 5.69 Å². The molecule has 26 heavy (non-hydrogen) atoms. The van der Waals surface area contributed by atoms with Gasteiger partial charge in [0, 0.05) is 25.8 Å². The maximum Gasteiger partial charge on any atom is 0.260 e. The van der Waals surface area contributed by atoms with Crippen LogP contribution in [0.4, 0.5) is 14.6 Å². The first-order valence-corrected chi connectivity index (χ1v) is 8.87. The van der Waals surface area contributed by atoms with Gasteiger partial charge in [-0.3, -0.25) is 9.36 Å². The number of rotatable bonds is 2. The molecule has 1 aromatic carbocycles. The zero-order valence-corrected chi connectivity index (χ0v) is 14.7. The highest BCUT2D eigenvalue weighted by atomic mass is 19.2. The predicted octanol–water partition coefficient (Wildman–Crippen LogP) is 2.83. The molecule has 0 aliphatic carbocycles. The first kappa shape index (κ1) is 17.1. The average molecular weight is 361 g/mol. The van der Waals surface area contributed by atoms with Crippen molar-refractivity contribution in [3.63, 3.8) is 0 Å². The summed E-state index contributed by atoms with van der Waals surface area (Å²) in [5.74, 6) is -1.11. The lowest BCUT2D eigenvalue weighted by molar-refractivity contribution is 0.133. The molecule has 138 valence electrons. The van der Waals surface area contributed by atoms with E-state index in [9.17, 15) is 13.6 Å². The second-order valence-electron chi connectivity index (χ2n) is 7.20. The Morgan fingerprint density at radius 3 is 2.62 bits per heavy atom. The SMILES string of the molecule is Cc1nc(N2CCC3(CCOC3)CC2)cc(=O)n1-c1cccc(F)c1F. The Balaban J connectivity index is 1.62. The minimum absolute atomic E-state index is 0.118. The van der Waals surface area contributed by atoms with E-state index in [0.29, 0.717) is 11.6 Å². The van der Waals surface area contributed by atoms with Gasteiger partial charge in [-0.2, -0.15) is 0 Å². The first-order valence-electron chi connectivity index (χ1n) is 8.87. The van der Waals surface area contributed by atoms with Crippen molar-refractivity contribution < 1.29 is 13.5 Å². The fourth-order valence-electron chi connectivity index (χ4n) is 3.96. The number of hydrogen-bond acceptors (Lipinski definition) is 4. The number of hydrogen-bond donors (Lipinski definition) is 0. The zero-order valence-electron chi connectivity index (χ0n) is 14.7. The number of benzene rings is 1. The number of nitrogens with zero attached hydrogens (tertiary/aromatic N) is 3. The number of ether oxygens (including phenoxy) is 1. The Morgan fingerprint density at radius 2 is 1.96 bits per heavy atom. The van der Waals surface area contributed by atoms with Crippen molar-refractivity contribution in [1.29, 1.82) is 0 Å². The summed E-state index contributed by atoms with van der Waals surface area (Å²) in [6, 6.07) is 5.18. The summed E-state index contributed by atoms with van der Waals surface area (Å²) in [5.41, 5.74) is -0.265. The van der Waals surface area contributed by atoms with Crippen LogP contribution in [0.3, 0.4) is 0 Å². The van der Waals surface area contributed by atoms with Crippen molar-refractivity contribution in [3.8, 4) is 5.69 Å². The molecule has 0 radical (unpaired) electrons. The van der Waals surface area contributed by atoms with Crippen LogP contribution in [0.2, 0.25) is 0 Å². The van der Waals surface area contributed by atoms with Gasteiger partial charge in [-0.05, 0) is 43.7 Å². The molecular weight excluding hydrogens is 340 g/mol. The van der Waals surface area contributed by atoms with Crippen molar-refractivity contribution in [2.24, 2.45) is 5.41 Å². The molecule has 7 heteroatoms. The first-order chi connectivity index (χ1) is 12.5. The third-order valence-corrected chi connectivity index (χ3v) is 5.58. The zero-order chi connectivity index (χ0) is 18.3. The minimum Gasteiger partial charge on any atom is -0.381 e. The fraction of sp³-hybridized carbons (Fsp3) is 0.474. The fourth-order valence-corrected chi connectivity index (χ4v) is 3.96. The van der Waals surface area contributed by atoms with Gasteiger partial charge in [-0.1, -0.05) is 6.07 Å². The van der Waals surface area contributed by atoms with E-state index in [1.54, 1.807) is 6.92 Å². The van der Waals surface area contributed by atoms with Crippen molar-refractivity contribution in [3.05, 3.63) is 52.1 Å². The van der Waals surface area contributed by atoms with E-state index in [1.807, 2.05) is 0 Å². The smallest absolute Gasteiger partial charge is 0.260 e. The molecule has 2 aliphatic rings. The number of aromatic nitrogens is 2. The number of aryl methyl sites for hydroxylation is 1.